The monoisotopic (exact) mass is 278 g/mol. The highest BCUT2D eigenvalue weighted by atomic mass is 16.5. The van der Waals surface area contributed by atoms with Gasteiger partial charge in [-0.05, 0) is 18.9 Å². The van der Waals surface area contributed by atoms with Gasteiger partial charge in [0.2, 0.25) is 5.91 Å². The molecule has 3 N–H and O–H groups in total. The van der Waals surface area contributed by atoms with E-state index in [0.717, 1.165) is 25.0 Å². The number of carbonyl (C=O) groups excluding carboxylic acids is 1. The van der Waals surface area contributed by atoms with Crippen molar-refractivity contribution in [2.45, 2.75) is 44.9 Å². The Balaban J connectivity index is 1.72. The minimum absolute atomic E-state index is 0.0875. The highest BCUT2D eigenvalue weighted by molar-refractivity contribution is 5.89. The molecule has 1 aliphatic carbocycles. The zero-order chi connectivity index (χ0) is 14.4. The number of ether oxygens (including phenoxy) is 1. The first-order valence-electron chi connectivity index (χ1n) is 7.18. The van der Waals surface area contributed by atoms with Gasteiger partial charge in [0, 0.05) is 30.0 Å². The summed E-state index contributed by atoms with van der Waals surface area (Å²) in [5.74, 6) is 0.0334. The van der Waals surface area contributed by atoms with E-state index >= 15 is 0 Å². The van der Waals surface area contributed by atoms with Crippen molar-refractivity contribution in [3.8, 4) is 0 Å². The lowest BCUT2D eigenvalue weighted by Gasteiger charge is -2.65. The third-order valence-electron chi connectivity index (χ3n) is 5.09. The molecule has 3 rings (SSSR count). The molecule has 1 aromatic heterocycles. The number of rotatable bonds is 3. The summed E-state index contributed by atoms with van der Waals surface area (Å²) in [5, 5.41) is 2.94. The molecule has 0 radical (unpaired) electrons. The van der Waals surface area contributed by atoms with E-state index in [-0.39, 0.29) is 23.3 Å². The van der Waals surface area contributed by atoms with E-state index in [0.29, 0.717) is 6.54 Å². The van der Waals surface area contributed by atoms with E-state index in [9.17, 15) is 4.79 Å². The maximum atomic E-state index is 12.6. The van der Waals surface area contributed by atoms with Gasteiger partial charge in [-0.3, -0.25) is 4.79 Å². The van der Waals surface area contributed by atoms with Crippen LogP contribution in [0.5, 0.6) is 0 Å². The summed E-state index contributed by atoms with van der Waals surface area (Å²) in [6, 6.07) is 1.84. The van der Waals surface area contributed by atoms with Gasteiger partial charge in [-0.1, -0.05) is 13.8 Å². The molecule has 0 aromatic carbocycles. The molecule has 1 aliphatic heterocycles. The molecule has 2 aliphatic rings. The summed E-state index contributed by atoms with van der Waals surface area (Å²) in [4.78, 5) is 12.6. The fourth-order valence-electron chi connectivity index (χ4n) is 3.76. The predicted octanol–water partition coefficient (Wildman–Crippen LogP) is 1.43. The van der Waals surface area contributed by atoms with E-state index in [1.165, 1.54) is 0 Å². The van der Waals surface area contributed by atoms with E-state index in [1.807, 2.05) is 19.9 Å². The molecule has 5 nitrogen and oxygen atoms in total. The van der Waals surface area contributed by atoms with Crippen LogP contribution in [0, 0.1) is 11.3 Å². The number of hydrogen-bond acceptors (Lipinski definition) is 4. The number of nitrogens with one attached hydrogen (secondary N) is 1. The van der Waals surface area contributed by atoms with Gasteiger partial charge in [0.05, 0.1) is 18.6 Å². The topological polar surface area (TPSA) is 77.5 Å². The lowest BCUT2D eigenvalue weighted by molar-refractivity contribution is -0.225. The van der Waals surface area contributed by atoms with Crippen molar-refractivity contribution >= 4 is 5.91 Å². The van der Waals surface area contributed by atoms with Crippen LogP contribution in [-0.4, -0.2) is 24.2 Å². The number of furan rings is 1. The van der Waals surface area contributed by atoms with Crippen molar-refractivity contribution in [3.05, 3.63) is 24.2 Å². The quantitative estimate of drug-likeness (QED) is 0.876. The van der Waals surface area contributed by atoms with Crippen LogP contribution in [0.15, 0.2) is 23.0 Å². The first-order chi connectivity index (χ1) is 9.48. The van der Waals surface area contributed by atoms with Gasteiger partial charge < -0.3 is 20.2 Å². The van der Waals surface area contributed by atoms with Gasteiger partial charge in [0.15, 0.2) is 0 Å². The average Bonchev–Trinajstić information content (AvgIpc) is 2.97. The van der Waals surface area contributed by atoms with Gasteiger partial charge in [0.25, 0.3) is 0 Å². The lowest BCUT2D eigenvalue weighted by atomic mass is 9.46. The number of hydrogen-bond donors (Lipinski definition) is 2. The summed E-state index contributed by atoms with van der Waals surface area (Å²) in [6.45, 7) is 5.27. The van der Waals surface area contributed by atoms with Gasteiger partial charge in [-0.15, -0.1) is 0 Å². The first-order valence-corrected chi connectivity index (χ1v) is 7.18. The summed E-state index contributed by atoms with van der Waals surface area (Å²) in [7, 11) is 0. The van der Waals surface area contributed by atoms with Crippen LogP contribution in [0.25, 0.3) is 0 Å². The van der Waals surface area contributed by atoms with Gasteiger partial charge in [0.1, 0.15) is 5.54 Å². The van der Waals surface area contributed by atoms with Crippen molar-refractivity contribution in [3.63, 3.8) is 0 Å². The molecular formula is C15H22N2O3. The average molecular weight is 278 g/mol. The van der Waals surface area contributed by atoms with E-state index < -0.39 is 5.54 Å². The summed E-state index contributed by atoms with van der Waals surface area (Å²) in [6.07, 6.45) is 5.26. The maximum Gasteiger partial charge on any atom is 0.241 e. The fraction of sp³-hybridized carbons (Fsp3) is 0.667. The summed E-state index contributed by atoms with van der Waals surface area (Å²) >= 11 is 0. The Morgan fingerprint density at radius 3 is 3.05 bits per heavy atom. The molecule has 2 heterocycles. The molecule has 1 amide bonds. The number of carbonyl (C=O) groups is 1. The first kappa shape index (κ1) is 13.6. The van der Waals surface area contributed by atoms with Crippen LogP contribution in [-0.2, 0) is 16.1 Å². The second kappa shape index (κ2) is 4.60. The molecular weight excluding hydrogens is 256 g/mol. The second-order valence-corrected chi connectivity index (χ2v) is 6.45. The van der Waals surface area contributed by atoms with Crippen LogP contribution < -0.4 is 11.1 Å². The second-order valence-electron chi connectivity index (χ2n) is 6.45. The Labute approximate surface area is 118 Å². The molecule has 3 unspecified atom stereocenters. The zero-order valence-corrected chi connectivity index (χ0v) is 12.0. The highest BCUT2D eigenvalue weighted by Crippen LogP contribution is 2.57. The Morgan fingerprint density at radius 1 is 1.55 bits per heavy atom. The molecule has 2 fully saturated rings. The molecule has 5 heteroatoms. The number of amides is 1. The minimum atomic E-state index is -0.845. The van der Waals surface area contributed by atoms with Gasteiger partial charge in [-0.25, -0.2) is 0 Å². The molecule has 20 heavy (non-hydrogen) atoms. The van der Waals surface area contributed by atoms with Crippen molar-refractivity contribution in [2.75, 3.05) is 6.61 Å². The Bertz CT molecular complexity index is 497. The lowest BCUT2D eigenvalue weighted by Crippen LogP contribution is -2.82. The standard InChI is InChI=1S/C15H22N2O3/c1-14(2)12-11(4-3-6-20-12)15(14,16)13(18)17-8-10-5-7-19-9-10/h5,7,9,11-12H,3-4,6,8,16H2,1-2H3,(H,17,18). The minimum Gasteiger partial charge on any atom is -0.472 e. The van der Waals surface area contributed by atoms with Crippen molar-refractivity contribution < 1.29 is 13.9 Å². The largest absolute Gasteiger partial charge is 0.472 e. The van der Waals surface area contributed by atoms with Crippen molar-refractivity contribution in [1.29, 1.82) is 0 Å². The predicted molar refractivity (Wildman–Crippen MR) is 73.7 cm³/mol. The van der Waals surface area contributed by atoms with Crippen LogP contribution >= 0.6 is 0 Å². The third-order valence-corrected chi connectivity index (χ3v) is 5.09. The van der Waals surface area contributed by atoms with Crippen LogP contribution in [0.1, 0.15) is 32.3 Å². The summed E-state index contributed by atoms with van der Waals surface area (Å²) in [5.41, 5.74) is 6.26. The molecule has 1 saturated carbocycles. The van der Waals surface area contributed by atoms with Crippen LogP contribution in [0.4, 0.5) is 0 Å². The van der Waals surface area contributed by atoms with Gasteiger partial charge in [-0.2, -0.15) is 0 Å². The molecule has 1 saturated heterocycles. The number of fused-ring (bicyclic) bond motifs is 1. The Kier molecular flexibility index (Phi) is 3.14. The molecule has 1 aromatic rings. The summed E-state index contributed by atoms with van der Waals surface area (Å²) < 4.78 is 10.8. The highest BCUT2D eigenvalue weighted by Gasteiger charge is 2.70. The van der Waals surface area contributed by atoms with E-state index in [4.69, 9.17) is 14.9 Å². The zero-order valence-electron chi connectivity index (χ0n) is 12.0. The van der Waals surface area contributed by atoms with E-state index in [2.05, 4.69) is 5.32 Å². The fourth-order valence-corrected chi connectivity index (χ4v) is 3.76. The third kappa shape index (κ3) is 1.73. The number of nitrogens with two attached hydrogens (primary N) is 1. The SMILES string of the molecule is CC1(C)C2OCCCC2C1(N)C(=O)NCc1ccoc1. The smallest absolute Gasteiger partial charge is 0.241 e. The molecule has 110 valence electrons. The molecule has 0 spiro atoms. The normalized spacial score (nSPS) is 35.0. The van der Waals surface area contributed by atoms with Crippen LogP contribution in [0.2, 0.25) is 0 Å². The van der Waals surface area contributed by atoms with Gasteiger partial charge >= 0.3 is 0 Å². The molecule has 0 bridgehead atoms. The Hall–Kier alpha value is -1.33. The Morgan fingerprint density at radius 2 is 2.35 bits per heavy atom. The maximum absolute atomic E-state index is 12.6. The van der Waals surface area contributed by atoms with Crippen LogP contribution in [0.3, 0.4) is 0 Å². The molecule has 3 atom stereocenters. The van der Waals surface area contributed by atoms with Crippen molar-refractivity contribution in [2.24, 2.45) is 17.1 Å². The van der Waals surface area contributed by atoms with E-state index in [1.54, 1.807) is 12.5 Å². The van der Waals surface area contributed by atoms with Crippen molar-refractivity contribution in [1.82, 2.24) is 5.32 Å².